The van der Waals surface area contributed by atoms with Gasteiger partial charge in [-0.05, 0) is 31.0 Å². The van der Waals surface area contributed by atoms with Crippen molar-refractivity contribution in [3.8, 4) is 11.5 Å². The standard InChI is InChI=1S/C14H18N2O3/c15-8-10-4-5-16(9-10)14(17)11-2-1-3-12-13(11)19-7-6-18-12/h1-3,10H,4-9,15H2. The van der Waals surface area contributed by atoms with Crippen molar-refractivity contribution in [2.24, 2.45) is 11.7 Å². The van der Waals surface area contributed by atoms with Crippen molar-refractivity contribution in [2.75, 3.05) is 32.8 Å². The van der Waals surface area contributed by atoms with Crippen LogP contribution in [-0.2, 0) is 0 Å². The lowest BCUT2D eigenvalue weighted by Crippen LogP contribution is -2.31. The van der Waals surface area contributed by atoms with Crippen LogP contribution in [0, 0.1) is 5.92 Å². The van der Waals surface area contributed by atoms with Gasteiger partial charge in [0.2, 0.25) is 0 Å². The van der Waals surface area contributed by atoms with E-state index in [9.17, 15) is 4.79 Å². The Morgan fingerprint density at radius 3 is 3.00 bits per heavy atom. The Kier molecular flexibility index (Phi) is 3.29. The van der Waals surface area contributed by atoms with Gasteiger partial charge < -0.3 is 20.1 Å². The third-order valence-electron chi connectivity index (χ3n) is 3.70. The molecule has 1 amide bonds. The van der Waals surface area contributed by atoms with E-state index in [2.05, 4.69) is 0 Å². The van der Waals surface area contributed by atoms with Crippen molar-refractivity contribution >= 4 is 5.91 Å². The predicted molar refractivity (Wildman–Crippen MR) is 70.5 cm³/mol. The van der Waals surface area contributed by atoms with Crippen LogP contribution < -0.4 is 15.2 Å². The predicted octanol–water partition coefficient (Wildman–Crippen LogP) is 0.879. The molecule has 5 nitrogen and oxygen atoms in total. The fourth-order valence-electron chi connectivity index (χ4n) is 2.62. The number of carbonyl (C=O) groups is 1. The average molecular weight is 262 g/mol. The molecular weight excluding hydrogens is 244 g/mol. The van der Waals surface area contributed by atoms with Crippen LogP contribution in [0.1, 0.15) is 16.8 Å². The number of nitrogens with two attached hydrogens (primary N) is 1. The SMILES string of the molecule is NCC1CCN(C(=O)c2cccc3c2OCCO3)C1. The maximum atomic E-state index is 12.5. The number of nitrogens with zero attached hydrogens (tertiary/aromatic N) is 1. The monoisotopic (exact) mass is 262 g/mol. The van der Waals surface area contributed by atoms with Crippen LogP contribution in [0.25, 0.3) is 0 Å². The first kappa shape index (κ1) is 12.3. The zero-order valence-corrected chi connectivity index (χ0v) is 10.8. The van der Waals surface area contributed by atoms with Crippen LogP contribution in [0.5, 0.6) is 11.5 Å². The van der Waals surface area contributed by atoms with E-state index >= 15 is 0 Å². The Morgan fingerprint density at radius 2 is 2.21 bits per heavy atom. The summed E-state index contributed by atoms with van der Waals surface area (Å²) in [5.74, 6) is 1.67. The minimum Gasteiger partial charge on any atom is -0.486 e. The Hall–Kier alpha value is -1.75. The Bertz CT molecular complexity index is 490. The number of benzene rings is 1. The summed E-state index contributed by atoms with van der Waals surface area (Å²) in [6.45, 7) is 3.16. The lowest BCUT2D eigenvalue weighted by Gasteiger charge is -2.23. The highest BCUT2D eigenvalue weighted by Crippen LogP contribution is 2.34. The van der Waals surface area contributed by atoms with Crippen molar-refractivity contribution in [3.05, 3.63) is 23.8 Å². The smallest absolute Gasteiger partial charge is 0.257 e. The van der Waals surface area contributed by atoms with E-state index in [4.69, 9.17) is 15.2 Å². The summed E-state index contributed by atoms with van der Waals surface area (Å²) in [5.41, 5.74) is 6.26. The van der Waals surface area contributed by atoms with E-state index in [1.54, 1.807) is 6.07 Å². The van der Waals surface area contributed by atoms with Crippen LogP contribution in [0.3, 0.4) is 0 Å². The molecule has 0 radical (unpaired) electrons. The fourth-order valence-corrected chi connectivity index (χ4v) is 2.62. The normalized spacial score (nSPS) is 21.5. The van der Waals surface area contributed by atoms with Crippen LogP contribution in [0.4, 0.5) is 0 Å². The topological polar surface area (TPSA) is 64.8 Å². The first-order valence-electron chi connectivity index (χ1n) is 6.67. The number of fused-ring (bicyclic) bond motifs is 1. The van der Waals surface area contributed by atoms with E-state index in [0.29, 0.717) is 42.7 Å². The van der Waals surface area contributed by atoms with E-state index in [1.165, 1.54) is 0 Å². The van der Waals surface area contributed by atoms with E-state index in [0.717, 1.165) is 19.5 Å². The molecule has 2 aliphatic rings. The van der Waals surface area contributed by atoms with Gasteiger partial charge in [0, 0.05) is 13.1 Å². The molecule has 0 spiro atoms. The average Bonchev–Trinajstić information content (AvgIpc) is 2.95. The molecule has 2 heterocycles. The van der Waals surface area contributed by atoms with Crippen molar-refractivity contribution in [3.63, 3.8) is 0 Å². The third kappa shape index (κ3) is 2.26. The Morgan fingerprint density at radius 1 is 1.37 bits per heavy atom. The quantitative estimate of drug-likeness (QED) is 0.859. The van der Waals surface area contributed by atoms with Gasteiger partial charge in [0.05, 0.1) is 5.56 Å². The van der Waals surface area contributed by atoms with Gasteiger partial charge in [0.15, 0.2) is 11.5 Å². The molecule has 0 saturated carbocycles. The highest BCUT2D eigenvalue weighted by molar-refractivity contribution is 5.98. The maximum absolute atomic E-state index is 12.5. The van der Waals surface area contributed by atoms with Crippen molar-refractivity contribution < 1.29 is 14.3 Å². The molecule has 102 valence electrons. The third-order valence-corrected chi connectivity index (χ3v) is 3.70. The van der Waals surface area contributed by atoms with Crippen molar-refractivity contribution in [1.29, 1.82) is 0 Å². The second kappa shape index (κ2) is 5.09. The van der Waals surface area contributed by atoms with Gasteiger partial charge in [0.1, 0.15) is 13.2 Å². The van der Waals surface area contributed by atoms with E-state index in [-0.39, 0.29) is 5.91 Å². The molecule has 0 bridgehead atoms. The van der Waals surface area contributed by atoms with Gasteiger partial charge in [-0.2, -0.15) is 0 Å². The largest absolute Gasteiger partial charge is 0.486 e. The van der Waals surface area contributed by atoms with Crippen LogP contribution >= 0.6 is 0 Å². The lowest BCUT2D eigenvalue weighted by molar-refractivity contribution is 0.0777. The summed E-state index contributed by atoms with van der Waals surface area (Å²) < 4.78 is 11.1. The molecule has 1 fully saturated rings. The minimum atomic E-state index is 0.0123. The molecule has 1 aromatic carbocycles. The molecule has 3 rings (SSSR count). The van der Waals surface area contributed by atoms with Crippen LogP contribution in [-0.4, -0.2) is 43.7 Å². The number of rotatable bonds is 2. The molecule has 2 aliphatic heterocycles. The lowest BCUT2D eigenvalue weighted by atomic mass is 10.1. The molecule has 1 unspecified atom stereocenters. The molecule has 19 heavy (non-hydrogen) atoms. The molecule has 5 heteroatoms. The Balaban J connectivity index is 1.84. The van der Waals surface area contributed by atoms with Gasteiger partial charge >= 0.3 is 0 Å². The van der Waals surface area contributed by atoms with Gasteiger partial charge in [-0.15, -0.1) is 0 Å². The first-order valence-corrected chi connectivity index (χ1v) is 6.67. The van der Waals surface area contributed by atoms with Crippen LogP contribution in [0.15, 0.2) is 18.2 Å². The second-order valence-corrected chi connectivity index (χ2v) is 4.97. The number of hydrogen-bond donors (Lipinski definition) is 1. The first-order chi connectivity index (χ1) is 9.29. The summed E-state index contributed by atoms with van der Waals surface area (Å²) in [7, 11) is 0. The van der Waals surface area contributed by atoms with Gasteiger partial charge in [-0.25, -0.2) is 0 Å². The number of carbonyl (C=O) groups excluding carboxylic acids is 1. The zero-order valence-electron chi connectivity index (χ0n) is 10.8. The summed E-state index contributed by atoms with van der Waals surface area (Å²) in [6, 6.07) is 5.46. The number of amides is 1. The van der Waals surface area contributed by atoms with Gasteiger partial charge in [0.25, 0.3) is 5.91 Å². The number of likely N-dealkylation sites (tertiary alicyclic amines) is 1. The second-order valence-electron chi connectivity index (χ2n) is 4.97. The van der Waals surface area contributed by atoms with E-state index in [1.807, 2.05) is 17.0 Å². The number of hydrogen-bond acceptors (Lipinski definition) is 4. The molecule has 1 atom stereocenters. The molecule has 0 aromatic heterocycles. The number of ether oxygens (including phenoxy) is 2. The molecular formula is C14H18N2O3. The van der Waals surface area contributed by atoms with Crippen molar-refractivity contribution in [2.45, 2.75) is 6.42 Å². The van der Waals surface area contributed by atoms with Crippen LogP contribution in [0.2, 0.25) is 0 Å². The molecule has 0 aliphatic carbocycles. The minimum absolute atomic E-state index is 0.0123. The van der Waals surface area contributed by atoms with E-state index < -0.39 is 0 Å². The maximum Gasteiger partial charge on any atom is 0.257 e. The van der Waals surface area contributed by atoms with Crippen molar-refractivity contribution in [1.82, 2.24) is 4.90 Å². The number of para-hydroxylation sites is 1. The fraction of sp³-hybridized carbons (Fsp3) is 0.500. The molecule has 1 aromatic rings. The molecule has 1 saturated heterocycles. The molecule has 2 N–H and O–H groups in total. The van der Waals surface area contributed by atoms with Gasteiger partial charge in [-0.3, -0.25) is 4.79 Å². The highest BCUT2D eigenvalue weighted by Gasteiger charge is 2.29. The summed E-state index contributed by atoms with van der Waals surface area (Å²) in [5, 5.41) is 0. The zero-order chi connectivity index (χ0) is 13.2. The summed E-state index contributed by atoms with van der Waals surface area (Å²) >= 11 is 0. The summed E-state index contributed by atoms with van der Waals surface area (Å²) in [6.07, 6.45) is 0.981. The Labute approximate surface area is 112 Å². The highest BCUT2D eigenvalue weighted by atomic mass is 16.6. The van der Waals surface area contributed by atoms with Gasteiger partial charge in [-0.1, -0.05) is 6.07 Å². The summed E-state index contributed by atoms with van der Waals surface area (Å²) in [4.78, 5) is 14.4.